The van der Waals surface area contributed by atoms with Gasteiger partial charge in [-0.05, 0) is 30.2 Å². The van der Waals surface area contributed by atoms with Crippen molar-refractivity contribution in [3.05, 3.63) is 69.7 Å². The highest BCUT2D eigenvalue weighted by atomic mass is 35.5. The van der Waals surface area contributed by atoms with Gasteiger partial charge in [0, 0.05) is 11.1 Å². The zero-order chi connectivity index (χ0) is 17.4. The SMILES string of the molecule is CC(/C=N/NC(=O)COc1cc(Cl)ccc1Cl)=C\c1ccccc1. The molecular formula is C18H16Cl2N2O2. The summed E-state index contributed by atoms with van der Waals surface area (Å²) in [5.74, 6) is -0.0433. The molecule has 2 rings (SSSR count). The number of rotatable bonds is 6. The predicted molar refractivity (Wildman–Crippen MR) is 98.7 cm³/mol. The summed E-state index contributed by atoms with van der Waals surface area (Å²) in [6.07, 6.45) is 3.52. The second kappa shape index (κ2) is 9.11. The van der Waals surface area contributed by atoms with Crippen molar-refractivity contribution in [3.8, 4) is 5.75 Å². The highest BCUT2D eigenvalue weighted by molar-refractivity contribution is 6.34. The van der Waals surface area contributed by atoms with Crippen LogP contribution in [-0.4, -0.2) is 18.7 Å². The molecule has 0 aliphatic rings. The van der Waals surface area contributed by atoms with Crippen molar-refractivity contribution in [2.45, 2.75) is 6.92 Å². The summed E-state index contributed by atoms with van der Waals surface area (Å²) < 4.78 is 5.32. The van der Waals surface area contributed by atoms with E-state index in [4.69, 9.17) is 27.9 Å². The molecule has 1 amide bonds. The number of nitrogens with one attached hydrogen (secondary N) is 1. The Morgan fingerprint density at radius 1 is 1.21 bits per heavy atom. The molecule has 0 unspecified atom stereocenters. The molecule has 0 fully saturated rings. The van der Waals surface area contributed by atoms with Gasteiger partial charge in [0.15, 0.2) is 6.61 Å². The first kappa shape index (κ1) is 18.0. The Morgan fingerprint density at radius 2 is 1.96 bits per heavy atom. The molecule has 0 heterocycles. The number of nitrogens with zero attached hydrogens (tertiary/aromatic N) is 1. The predicted octanol–water partition coefficient (Wildman–Crippen LogP) is 4.58. The third-order valence-electron chi connectivity index (χ3n) is 2.90. The Balaban J connectivity index is 1.82. The molecule has 0 spiro atoms. The third kappa shape index (κ3) is 6.07. The fraction of sp³-hybridized carbons (Fsp3) is 0.111. The number of carbonyl (C=O) groups excluding carboxylic acids is 1. The van der Waals surface area contributed by atoms with Crippen LogP contribution >= 0.6 is 23.2 Å². The van der Waals surface area contributed by atoms with E-state index in [2.05, 4.69) is 10.5 Å². The lowest BCUT2D eigenvalue weighted by Crippen LogP contribution is -2.24. The first-order chi connectivity index (χ1) is 11.5. The van der Waals surface area contributed by atoms with E-state index in [1.54, 1.807) is 24.4 Å². The van der Waals surface area contributed by atoms with Gasteiger partial charge in [-0.25, -0.2) is 5.43 Å². The van der Waals surface area contributed by atoms with Gasteiger partial charge >= 0.3 is 0 Å². The molecule has 0 aliphatic carbocycles. The zero-order valence-electron chi connectivity index (χ0n) is 13.0. The van der Waals surface area contributed by atoms with Crippen LogP contribution in [-0.2, 0) is 4.79 Å². The summed E-state index contributed by atoms with van der Waals surface area (Å²) in [5, 5.41) is 4.76. The number of carbonyl (C=O) groups is 1. The highest BCUT2D eigenvalue weighted by Gasteiger charge is 2.05. The molecule has 1 N–H and O–H groups in total. The minimum atomic E-state index is -0.394. The molecule has 0 saturated heterocycles. The van der Waals surface area contributed by atoms with Crippen LogP contribution in [0.15, 0.2) is 59.2 Å². The maximum absolute atomic E-state index is 11.7. The van der Waals surface area contributed by atoms with Crippen LogP contribution in [0.1, 0.15) is 12.5 Å². The van der Waals surface area contributed by atoms with E-state index < -0.39 is 5.91 Å². The number of ether oxygens (including phenoxy) is 1. The summed E-state index contributed by atoms with van der Waals surface area (Å²) >= 11 is 11.8. The van der Waals surface area contributed by atoms with Gasteiger partial charge < -0.3 is 4.74 Å². The molecular weight excluding hydrogens is 347 g/mol. The fourth-order valence-electron chi connectivity index (χ4n) is 1.82. The summed E-state index contributed by atoms with van der Waals surface area (Å²) in [6.45, 7) is 1.68. The lowest BCUT2D eigenvalue weighted by atomic mass is 10.1. The van der Waals surface area contributed by atoms with E-state index in [1.165, 1.54) is 0 Å². The average Bonchev–Trinajstić information content (AvgIpc) is 2.56. The molecule has 0 bridgehead atoms. The quantitative estimate of drug-likeness (QED) is 0.603. The molecule has 0 radical (unpaired) electrons. The first-order valence-electron chi connectivity index (χ1n) is 7.17. The molecule has 24 heavy (non-hydrogen) atoms. The van der Waals surface area contributed by atoms with Crippen molar-refractivity contribution in [2.75, 3.05) is 6.61 Å². The van der Waals surface area contributed by atoms with E-state index >= 15 is 0 Å². The van der Waals surface area contributed by atoms with Gasteiger partial charge in [-0.15, -0.1) is 0 Å². The van der Waals surface area contributed by atoms with E-state index in [0.717, 1.165) is 11.1 Å². The number of halogens is 2. The van der Waals surface area contributed by atoms with E-state index in [0.29, 0.717) is 15.8 Å². The van der Waals surface area contributed by atoms with E-state index in [9.17, 15) is 4.79 Å². The second-order valence-electron chi connectivity index (χ2n) is 4.96. The largest absolute Gasteiger partial charge is 0.482 e. The summed E-state index contributed by atoms with van der Waals surface area (Å²) in [7, 11) is 0. The molecule has 4 nitrogen and oxygen atoms in total. The molecule has 2 aromatic rings. The van der Waals surface area contributed by atoms with Gasteiger partial charge in [-0.3, -0.25) is 4.79 Å². The maximum Gasteiger partial charge on any atom is 0.277 e. The molecule has 2 aromatic carbocycles. The van der Waals surface area contributed by atoms with Crippen LogP contribution in [0, 0.1) is 0 Å². The maximum atomic E-state index is 11.7. The number of benzene rings is 2. The summed E-state index contributed by atoms with van der Waals surface area (Å²) in [6, 6.07) is 14.6. The van der Waals surface area contributed by atoms with Gasteiger partial charge in [0.25, 0.3) is 5.91 Å². The minimum absolute atomic E-state index is 0.209. The minimum Gasteiger partial charge on any atom is -0.482 e. The summed E-state index contributed by atoms with van der Waals surface area (Å²) in [4.78, 5) is 11.7. The third-order valence-corrected chi connectivity index (χ3v) is 3.45. The molecule has 0 saturated carbocycles. The van der Waals surface area contributed by atoms with Crippen LogP contribution in [0.3, 0.4) is 0 Å². The molecule has 0 atom stereocenters. The van der Waals surface area contributed by atoms with Crippen molar-refractivity contribution in [3.63, 3.8) is 0 Å². The number of amides is 1. The van der Waals surface area contributed by atoms with Gasteiger partial charge in [0.2, 0.25) is 0 Å². The van der Waals surface area contributed by atoms with Crippen LogP contribution in [0.25, 0.3) is 6.08 Å². The number of hydrogen-bond donors (Lipinski definition) is 1. The Morgan fingerprint density at radius 3 is 2.71 bits per heavy atom. The number of hydrazone groups is 1. The van der Waals surface area contributed by atoms with Crippen molar-refractivity contribution in [2.24, 2.45) is 5.10 Å². The monoisotopic (exact) mass is 362 g/mol. The van der Waals surface area contributed by atoms with E-state index in [1.807, 2.05) is 43.3 Å². The van der Waals surface area contributed by atoms with Crippen molar-refractivity contribution in [1.29, 1.82) is 0 Å². The van der Waals surface area contributed by atoms with Crippen molar-refractivity contribution >= 4 is 41.4 Å². The lowest BCUT2D eigenvalue weighted by Gasteiger charge is -2.07. The van der Waals surface area contributed by atoms with Crippen LogP contribution < -0.4 is 10.2 Å². The molecule has 0 aromatic heterocycles. The molecule has 6 heteroatoms. The van der Waals surface area contributed by atoms with E-state index in [-0.39, 0.29) is 6.61 Å². The topological polar surface area (TPSA) is 50.7 Å². The smallest absolute Gasteiger partial charge is 0.277 e. The Bertz CT molecular complexity index is 759. The van der Waals surface area contributed by atoms with Crippen LogP contribution in [0.5, 0.6) is 5.75 Å². The van der Waals surface area contributed by atoms with Crippen molar-refractivity contribution in [1.82, 2.24) is 5.43 Å². The summed E-state index contributed by atoms with van der Waals surface area (Å²) in [5.41, 5.74) is 4.36. The van der Waals surface area contributed by atoms with Crippen LogP contribution in [0.4, 0.5) is 0 Å². The van der Waals surface area contributed by atoms with Gasteiger partial charge in [0.05, 0.1) is 11.2 Å². The number of hydrogen-bond acceptors (Lipinski definition) is 3. The Hall–Kier alpha value is -2.30. The Labute approximate surface area is 150 Å². The lowest BCUT2D eigenvalue weighted by molar-refractivity contribution is -0.123. The zero-order valence-corrected chi connectivity index (χ0v) is 14.5. The van der Waals surface area contributed by atoms with Crippen LogP contribution in [0.2, 0.25) is 10.0 Å². The average molecular weight is 363 g/mol. The van der Waals surface area contributed by atoms with Gasteiger partial charge in [-0.2, -0.15) is 5.10 Å². The molecule has 124 valence electrons. The highest BCUT2D eigenvalue weighted by Crippen LogP contribution is 2.27. The fourth-order valence-corrected chi connectivity index (χ4v) is 2.15. The normalized spacial score (nSPS) is 11.5. The standard InChI is InChI=1S/C18H16Cl2N2O2/c1-13(9-14-5-3-2-4-6-14)11-21-22-18(23)12-24-17-10-15(19)7-8-16(17)20/h2-11H,12H2,1H3,(H,22,23)/b13-9+,21-11+. The van der Waals surface area contributed by atoms with Gasteiger partial charge in [0.1, 0.15) is 5.75 Å². The second-order valence-corrected chi connectivity index (χ2v) is 5.80. The Kier molecular flexibility index (Phi) is 6.85. The number of allylic oxidation sites excluding steroid dienone is 1. The molecule has 0 aliphatic heterocycles. The van der Waals surface area contributed by atoms with Gasteiger partial charge in [-0.1, -0.05) is 59.6 Å². The first-order valence-corrected chi connectivity index (χ1v) is 7.93. The van der Waals surface area contributed by atoms with Crippen molar-refractivity contribution < 1.29 is 9.53 Å².